The van der Waals surface area contributed by atoms with E-state index in [0.29, 0.717) is 49.4 Å². The number of aromatic nitrogens is 2. The first kappa shape index (κ1) is 21.0. The van der Waals surface area contributed by atoms with Gasteiger partial charge in [-0.25, -0.2) is 19.6 Å². The lowest BCUT2D eigenvalue weighted by atomic mass is 10.1. The van der Waals surface area contributed by atoms with Crippen molar-refractivity contribution in [3.05, 3.63) is 45.6 Å². The first-order valence-electron chi connectivity index (χ1n) is 8.51. The molecule has 3 rings (SSSR count). The second-order valence-electron chi connectivity index (χ2n) is 5.90. The summed E-state index contributed by atoms with van der Waals surface area (Å²) >= 11 is 7.49. The van der Waals surface area contributed by atoms with Crippen LogP contribution in [0.15, 0.2) is 24.5 Å². The van der Waals surface area contributed by atoms with E-state index in [0.717, 1.165) is 0 Å². The molecule has 29 heavy (non-hydrogen) atoms. The van der Waals surface area contributed by atoms with E-state index >= 15 is 0 Å². The van der Waals surface area contributed by atoms with Gasteiger partial charge in [-0.05, 0) is 30.7 Å². The number of nitrogens with one attached hydrogen (secondary N) is 1. The maximum atomic E-state index is 12.4. The van der Waals surface area contributed by atoms with Crippen LogP contribution in [-0.2, 0) is 14.2 Å². The van der Waals surface area contributed by atoms with Crippen molar-refractivity contribution < 1.29 is 23.8 Å². The van der Waals surface area contributed by atoms with Gasteiger partial charge >= 0.3 is 11.9 Å². The van der Waals surface area contributed by atoms with E-state index in [4.69, 9.17) is 25.8 Å². The van der Waals surface area contributed by atoms with E-state index < -0.39 is 11.9 Å². The Morgan fingerprint density at radius 3 is 2.69 bits per heavy atom. The average Bonchev–Trinajstić information content (AvgIpc) is 3.06. The number of carbonyl (C=O) groups is 2. The third-order valence-electron chi connectivity index (χ3n) is 4.07. The molecule has 0 fully saturated rings. The maximum absolute atomic E-state index is 12.4. The fourth-order valence-electron chi connectivity index (χ4n) is 2.64. The minimum atomic E-state index is -0.481. The normalized spacial score (nSPS) is 10.8. The number of halogens is 1. The Hall–Kier alpha value is -2.75. The van der Waals surface area contributed by atoms with Crippen LogP contribution in [0, 0.1) is 6.92 Å². The van der Waals surface area contributed by atoms with Crippen LogP contribution in [0.3, 0.4) is 0 Å². The molecule has 0 radical (unpaired) electrons. The Labute approximate surface area is 175 Å². The van der Waals surface area contributed by atoms with Gasteiger partial charge < -0.3 is 19.5 Å². The van der Waals surface area contributed by atoms with Gasteiger partial charge in [-0.1, -0.05) is 11.6 Å². The highest BCUT2D eigenvalue weighted by Gasteiger charge is 2.21. The van der Waals surface area contributed by atoms with Gasteiger partial charge in [-0.3, -0.25) is 0 Å². The van der Waals surface area contributed by atoms with E-state index in [2.05, 4.69) is 15.3 Å². The van der Waals surface area contributed by atoms with Gasteiger partial charge in [0.25, 0.3) is 0 Å². The number of esters is 2. The Bertz CT molecular complexity index is 1070. The maximum Gasteiger partial charge on any atom is 0.348 e. The number of rotatable bonds is 7. The second kappa shape index (κ2) is 9.17. The number of thiophene rings is 1. The zero-order valence-electron chi connectivity index (χ0n) is 15.9. The fraction of sp³-hybridized carbons (Fsp3) is 0.263. The van der Waals surface area contributed by atoms with Crippen LogP contribution in [0.4, 0.5) is 11.5 Å². The quantitative estimate of drug-likeness (QED) is 0.439. The lowest BCUT2D eigenvalue weighted by Gasteiger charge is -2.10. The van der Waals surface area contributed by atoms with Crippen LogP contribution in [-0.4, -0.2) is 49.3 Å². The summed E-state index contributed by atoms with van der Waals surface area (Å²) in [6.45, 7) is 2.28. The SMILES string of the molecule is COCCOC(=O)c1sc2ncnc(Nc3cc(C(=O)OC)ccc3Cl)c2c1C. The van der Waals surface area contributed by atoms with Crippen LogP contribution in [0.2, 0.25) is 5.02 Å². The number of carbonyl (C=O) groups excluding carboxylic acids is 2. The number of hydrogen-bond acceptors (Lipinski definition) is 9. The summed E-state index contributed by atoms with van der Waals surface area (Å²) in [5.41, 5.74) is 1.51. The van der Waals surface area contributed by atoms with E-state index in [1.165, 1.54) is 31.9 Å². The molecule has 0 amide bonds. The van der Waals surface area contributed by atoms with Crippen LogP contribution in [0.1, 0.15) is 25.6 Å². The van der Waals surface area contributed by atoms with E-state index in [1.807, 2.05) is 0 Å². The second-order valence-corrected chi connectivity index (χ2v) is 7.30. The summed E-state index contributed by atoms with van der Waals surface area (Å²) in [5, 5.41) is 4.20. The minimum Gasteiger partial charge on any atom is -0.465 e. The molecule has 2 aromatic heterocycles. The van der Waals surface area contributed by atoms with Crippen LogP contribution >= 0.6 is 22.9 Å². The molecule has 0 unspecified atom stereocenters. The molecule has 0 aliphatic carbocycles. The number of benzene rings is 1. The molecule has 10 heteroatoms. The number of aryl methyl sites for hydroxylation is 1. The number of anilines is 2. The summed E-state index contributed by atoms with van der Waals surface area (Å²) < 4.78 is 14.9. The number of nitrogens with zero attached hydrogens (tertiary/aromatic N) is 2. The number of fused-ring (bicyclic) bond motifs is 1. The standard InChI is InChI=1S/C19H18ClN3O5S/c1-10-14-16(23-13-8-11(18(24)27-3)4-5-12(13)20)21-9-22-17(14)29-15(10)19(25)28-7-6-26-2/h4-5,8-9H,6-7H2,1-3H3,(H,21,22,23). The van der Waals surface area contributed by atoms with Gasteiger partial charge in [0.2, 0.25) is 0 Å². The van der Waals surface area contributed by atoms with Crippen molar-refractivity contribution in [3.8, 4) is 0 Å². The fourth-order valence-corrected chi connectivity index (χ4v) is 3.85. The lowest BCUT2D eigenvalue weighted by molar-refractivity contribution is 0.0392. The largest absolute Gasteiger partial charge is 0.465 e. The van der Waals surface area contributed by atoms with Crippen molar-refractivity contribution in [2.24, 2.45) is 0 Å². The molecular formula is C19H18ClN3O5S. The van der Waals surface area contributed by atoms with Crippen LogP contribution < -0.4 is 5.32 Å². The Balaban J connectivity index is 1.97. The molecule has 0 aliphatic heterocycles. The van der Waals surface area contributed by atoms with Crippen molar-refractivity contribution in [2.75, 3.05) is 32.8 Å². The summed E-state index contributed by atoms with van der Waals surface area (Å²) in [6.07, 6.45) is 1.39. The van der Waals surface area contributed by atoms with Crippen molar-refractivity contribution in [1.29, 1.82) is 0 Å². The predicted octanol–water partition coefficient (Wildman–Crippen LogP) is 3.99. The highest BCUT2D eigenvalue weighted by molar-refractivity contribution is 7.20. The molecule has 3 aromatic rings. The molecule has 0 aliphatic rings. The number of ether oxygens (including phenoxy) is 3. The monoisotopic (exact) mass is 435 g/mol. The molecule has 8 nitrogen and oxygen atoms in total. The Kier molecular flexibility index (Phi) is 6.63. The smallest absolute Gasteiger partial charge is 0.348 e. The first-order valence-corrected chi connectivity index (χ1v) is 9.70. The number of methoxy groups -OCH3 is 2. The molecule has 0 spiro atoms. The molecule has 1 N–H and O–H groups in total. The summed E-state index contributed by atoms with van der Waals surface area (Å²) in [4.78, 5) is 33.8. The molecule has 0 atom stereocenters. The Morgan fingerprint density at radius 2 is 1.97 bits per heavy atom. The third-order valence-corrected chi connectivity index (χ3v) is 5.58. The van der Waals surface area contributed by atoms with E-state index in [1.54, 1.807) is 25.1 Å². The number of hydrogen-bond donors (Lipinski definition) is 1. The van der Waals surface area contributed by atoms with Gasteiger partial charge in [0.15, 0.2) is 0 Å². The van der Waals surface area contributed by atoms with Gasteiger partial charge in [0.1, 0.15) is 28.5 Å². The van der Waals surface area contributed by atoms with E-state index in [-0.39, 0.29) is 6.61 Å². The summed E-state index contributed by atoms with van der Waals surface area (Å²) in [7, 11) is 2.84. The Morgan fingerprint density at radius 1 is 1.17 bits per heavy atom. The third kappa shape index (κ3) is 4.47. The van der Waals surface area contributed by atoms with Crippen LogP contribution in [0.5, 0.6) is 0 Å². The lowest BCUT2D eigenvalue weighted by Crippen LogP contribution is -2.09. The molecule has 2 heterocycles. The summed E-state index contributed by atoms with van der Waals surface area (Å²) in [6, 6.07) is 4.73. The van der Waals surface area contributed by atoms with Crippen molar-refractivity contribution in [3.63, 3.8) is 0 Å². The molecule has 152 valence electrons. The highest BCUT2D eigenvalue weighted by Crippen LogP contribution is 2.36. The molecular weight excluding hydrogens is 418 g/mol. The van der Waals surface area contributed by atoms with Gasteiger partial charge in [0, 0.05) is 7.11 Å². The highest BCUT2D eigenvalue weighted by atomic mass is 35.5. The van der Waals surface area contributed by atoms with Crippen LogP contribution in [0.25, 0.3) is 10.2 Å². The van der Waals surface area contributed by atoms with Crippen molar-refractivity contribution >= 4 is 56.6 Å². The predicted molar refractivity (Wildman–Crippen MR) is 110 cm³/mol. The summed E-state index contributed by atoms with van der Waals surface area (Å²) in [5.74, 6) is -0.465. The minimum absolute atomic E-state index is 0.162. The first-order chi connectivity index (χ1) is 14.0. The van der Waals surface area contributed by atoms with Gasteiger partial charge in [-0.2, -0.15) is 0 Å². The van der Waals surface area contributed by atoms with Gasteiger partial charge in [0.05, 0.1) is 35.4 Å². The molecule has 0 saturated carbocycles. The van der Waals surface area contributed by atoms with Crippen molar-refractivity contribution in [1.82, 2.24) is 9.97 Å². The zero-order chi connectivity index (χ0) is 21.0. The molecule has 1 aromatic carbocycles. The molecule has 0 bridgehead atoms. The zero-order valence-corrected chi connectivity index (χ0v) is 17.5. The van der Waals surface area contributed by atoms with Crippen molar-refractivity contribution in [2.45, 2.75) is 6.92 Å². The topological polar surface area (TPSA) is 99.6 Å². The average molecular weight is 436 g/mol. The van der Waals surface area contributed by atoms with E-state index in [9.17, 15) is 9.59 Å². The molecule has 0 saturated heterocycles. The van der Waals surface area contributed by atoms with Gasteiger partial charge in [-0.15, -0.1) is 11.3 Å².